The number of nitrogens with zero attached hydrogens (tertiary/aromatic N) is 4. The monoisotopic (exact) mass is 545 g/mol. The number of nitrogens with one attached hydrogen (secondary N) is 1. The zero-order valence-corrected chi connectivity index (χ0v) is 22.0. The number of benzene rings is 3. The lowest BCUT2D eigenvalue weighted by Gasteiger charge is -2.25. The van der Waals surface area contributed by atoms with E-state index in [1.807, 2.05) is 18.2 Å². The van der Waals surface area contributed by atoms with Crippen molar-refractivity contribution in [3.63, 3.8) is 0 Å². The second kappa shape index (κ2) is 10.9. The minimum Gasteiger partial charge on any atom is -0.324 e. The maximum absolute atomic E-state index is 13.6. The van der Waals surface area contributed by atoms with Gasteiger partial charge in [-0.25, -0.2) is 0 Å². The van der Waals surface area contributed by atoms with E-state index in [1.54, 1.807) is 48.5 Å². The molecule has 2 aliphatic rings. The molecule has 1 N–H and O–H groups in total. The van der Waals surface area contributed by atoms with Crippen molar-refractivity contribution in [2.45, 2.75) is 50.7 Å². The van der Waals surface area contributed by atoms with Gasteiger partial charge in [0.05, 0.1) is 5.69 Å². The number of alkyl halides is 3. The zero-order chi connectivity index (χ0) is 27.7. The van der Waals surface area contributed by atoms with Gasteiger partial charge in [0.2, 0.25) is 5.95 Å². The number of carbonyl (C=O) groups excluding carboxylic acids is 1. The van der Waals surface area contributed by atoms with Gasteiger partial charge in [-0.15, -0.1) is 5.10 Å². The Morgan fingerprint density at radius 3 is 2.23 bits per heavy atom. The summed E-state index contributed by atoms with van der Waals surface area (Å²) < 4.78 is 42.0. The molecule has 1 atom stereocenters. The molecule has 3 aromatic carbocycles. The third kappa shape index (κ3) is 5.51. The quantitative estimate of drug-likeness (QED) is 0.218. The Hall–Kier alpha value is -3.98. The fraction of sp³-hybridized carbons (Fsp3) is 0.323. The molecule has 206 valence electrons. The average Bonchev–Trinajstić information content (AvgIpc) is 3.60. The predicted octanol–water partition coefficient (Wildman–Crippen LogP) is 6.60. The first-order valence-corrected chi connectivity index (χ1v) is 13.7. The Morgan fingerprint density at radius 2 is 1.52 bits per heavy atom. The van der Waals surface area contributed by atoms with Crippen LogP contribution in [0.2, 0.25) is 0 Å². The highest BCUT2D eigenvalue weighted by atomic mass is 19.4. The lowest BCUT2D eigenvalue weighted by molar-refractivity contribution is -0.144. The number of likely N-dealkylation sites (tertiary alicyclic amines) is 1. The first-order valence-electron chi connectivity index (χ1n) is 13.7. The number of rotatable bonds is 6. The number of carbonyl (C=O) groups is 1. The Labute approximate surface area is 230 Å². The van der Waals surface area contributed by atoms with Crippen molar-refractivity contribution in [1.29, 1.82) is 0 Å². The van der Waals surface area contributed by atoms with Crippen molar-refractivity contribution < 1.29 is 18.0 Å². The Morgan fingerprint density at radius 1 is 0.850 bits per heavy atom. The molecule has 0 bridgehead atoms. The smallest absolute Gasteiger partial charge is 0.324 e. The molecule has 1 fully saturated rings. The molecule has 1 saturated heterocycles. The van der Waals surface area contributed by atoms with Crippen LogP contribution in [0.4, 0.5) is 24.8 Å². The van der Waals surface area contributed by atoms with E-state index >= 15 is 0 Å². The Balaban J connectivity index is 1.25. The van der Waals surface area contributed by atoms with E-state index in [2.05, 4.69) is 26.4 Å². The third-order valence-electron chi connectivity index (χ3n) is 7.88. The topological polar surface area (TPSA) is 63.1 Å². The third-order valence-corrected chi connectivity index (χ3v) is 7.88. The summed E-state index contributed by atoms with van der Waals surface area (Å²) in [5, 5.41) is 6.84. The predicted molar refractivity (Wildman–Crippen MR) is 147 cm³/mol. The normalized spacial score (nSPS) is 17.8. The molecule has 1 aromatic heterocycles. The summed E-state index contributed by atoms with van der Waals surface area (Å²) in [6.45, 7) is 2.35. The summed E-state index contributed by atoms with van der Waals surface area (Å²) in [5.41, 5.74) is 4.50. The number of ketones is 1. The molecule has 0 amide bonds. The van der Waals surface area contributed by atoms with Crippen LogP contribution in [-0.4, -0.2) is 44.6 Å². The van der Waals surface area contributed by atoms with E-state index in [1.165, 1.54) is 37.1 Å². The van der Waals surface area contributed by atoms with E-state index in [0.29, 0.717) is 28.5 Å². The number of hydrogen-bond acceptors (Lipinski definition) is 5. The highest BCUT2D eigenvalue weighted by Crippen LogP contribution is 2.32. The van der Waals surface area contributed by atoms with Gasteiger partial charge in [-0.2, -0.15) is 22.8 Å². The molecule has 9 heteroatoms. The van der Waals surface area contributed by atoms with Gasteiger partial charge in [-0.1, -0.05) is 36.4 Å². The molecule has 0 spiro atoms. The van der Waals surface area contributed by atoms with E-state index in [9.17, 15) is 18.0 Å². The number of hydrogen-bond donors (Lipinski definition) is 1. The highest BCUT2D eigenvalue weighted by molar-refractivity contribution is 6.09. The van der Waals surface area contributed by atoms with Crippen LogP contribution in [0.1, 0.15) is 58.6 Å². The summed E-state index contributed by atoms with van der Waals surface area (Å²) in [6, 6.07) is 21.7. The maximum atomic E-state index is 13.6. The number of aryl methyl sites for hydroxylation is 2. The molecule has 0 saturated carbocycles. The van der Waals surface area contributed by atoms with E-state index in [0.717, 1.165) is 30.4 Å². The minimum atomic E-state index is -4.71. The zero-order valence-electron chi connectivity index (χ0n) is 22.0. The highest BCUT2D eigenvalue weighted by Gasteiger charge is 2.37. The fourth-order valence-electron chi connectivity index (χ4n) is 5.77. The average molecular weight is 546 g/mol. The summed E-state index contributed by atoms with van der Waals surface area (Å²) >= 11 is 0. The molecule has 40 heavy (non-hydrogen) atoms. The first-order chi connectivity index (χ1) is 19.3. The van der Waals surface area contributed by atoms with Crippen LogP contribution < -0.4 is 5.32 Å². The van der Waals surface area contributed by atoms with Gasteiger partial charge in [0, 0.05) is 22.9 Å². The number of aromatic nitrogens is 3. The van der Waals surface area contributed by atoms with Crippen LogP contribution >= 0.6 is 0 Å². The van der Waals surface area contributed by atoms with Gasteiger partial charge < -0.3 is 10.2 Å². The second-order valence-corrected chi connectivity index (χ2v) is 10.5. The standard InChI is InChI=1S/C31H30F3N5O/c32-31(33,34)29-36-30(39(37-29)27-16-10-23(11-17-27)28(40)22-6-2-1-3-7-22)35-25-13-8-21-9-14-26(15-12-24(21)20-25)38-18-4-5-19-38/h1-3,6-8,10-11,13,16-17,20,26H,4-5,9,12,14-15,18-19H2,(H,35,36,37). The molecular weight excluding hydrogens is 515 g/mol. The van der Waals surface area contributed by atoms with Gasteiger partial charge in [0.15, 0.2) is 5.78 Å². The lowest BCUT2D eigenvalue weighted by Crippen LogP contribution is -2.32. The van der Waals surface area contributed by atoms with Crippen LogP contribution in [0.15, 0.2) is 72.8 Å². The van der Waals surface area contributed by atoms with E-state index in [4.69, 9.17) is 0 Å². The van der Waals surface area contributed by atoms with Crippen molar-refractivity contribution in [1.82, 2.24) is 19.7 Å². The van der Waals surface area contributed by atoms with Gasteiger partial charge in [-0.3, -0.25) is 4.79 Å². The van der Waals surface area contributed by atoms with Gasteiger partial charge in [0.1, 0.15) is 0 Å². The molecule has 0 radical (unpaired) electrons. The molecule has 1 aliphatic carbocycles. The van der Waals surface area contributed by atoms with Gasteiger partial charge >= 0.3 is 6.18 Å². The van der Waals surface area contributed by atoms with Crippen molar-refractivity contribution in [2.24, 2.45) is 0 Å². The SMILES string of the molecule is O=C(c1ccccc1)c1ccc(-n2nc(C(F)(F)F)nc2Nc2ccc3c(c2)CCC(N2CCCC2)CC3)cc1. The molecule has 2 heterocycles. The lowest BCUT2D eigenvalue weighted by atomic mass is 10.0. The Kier molecular flexibility index (Phi) is 7.14. The van der Waals surface area contributed by atoms with E-state index < -0.39 is 12.0 Å². The minimum absolute atomic E-state index is 0.0435. The summed E-state index contributed by atoms with van der Waals surface area (Å²) in [4.78, 5) is 19.2. The molecule has 4 aromatic rings. The molecular formula is C31H30F3N5O. The fourth-order valence-corrected chi connectivity index (χ4v) is 5.77. The van der Waals surface area contributed by atoms with Crippen LogP contribution in [0.3, 0.4) is 0 Å². The van der Waals surface area contributed by atoms with Crippen molar-refractivity contribution in [2.75, 3.05) is 18.4 Å². The van der Waals surface area contributed by atoms with Crippen molar-refractivity contribution in [3.8, 4) is 5.69 Å². The maximum Gasteiger partial charge on any atom is 0.453 e. The van der Waals surface area contributed by atoms with E-state index in [-0.39, 0.29) is 11.7 Å². The second-order valence-electron chi connectivity index (χ2n) is 10.5. The van der Waals surface area contributed by atoms with Crippen molar-refractivity contribution in [3.05, 3.63) is 101 Å². The largest absolute Gasteiger partial charge is 0.453 e. The number of fused-ring (bicyclic) bond motifs is 1. The molecule has 6 nitrogen and oxygen atoms in total. The van der Waals surface area contributed by atoms with Crippen LogP contribution in [0.5, 0.6) is 0 Å². The molecule has 1 aliphatic heterocycles. The van der Waals surface area contributed by atoms with Crippen LogP contribution in [0, 0.1) is 0 Å². The summed E-state index contributed by atoms with van der Waals surface area (Å²) in [5.74, 6) is -1.45. The Bertz CT molecular complexity index is 1490. The number of anilines is 2. The summed E-state index contributed by atoms with van der Waals surface area (Å²) in [7, 11) is 0. The number of halogens is 3. The van der Waals surface area contributed by atoms with Crippen molar-refractivity contribution >= 4 is 17.4 Å². The summed E-state index contributed by atoms with van der Waals surface area (Å²) in [6.07, 6.45) is 1.98. The van der Waals surface area contributed by atoms with Gasteiger partial charge in [0.25, 0.3) is 5.82 Å². The first kappa shape index (κ1) is 26.3. The molecule has 6 rings (SSSR count). The molecule has 1 unspecified atom stereocenters. The van der Waals surface area contributed by atoms with Crippen LogP contribution in [0.25, 0.3) is 5.69 Å². The van der Waals surface area contributed by atoms with Crippen LogP contribution in [-0.2, 0) is 19.0 Å². The van der Waals surface area contributed by atoms with Gasteiger partial charge in [-0.05, 0) is 99.1 Å².